The minimum atomic E-state index is -0.981. The fourth-order valence-corrected chi connectivity index (χ4v) is 1.51. The molecule has 0 aliphatic carbocycles. The van der Waals surface area contributed by atoms with E-state index in [0.717, 1.165) is 18.9 Å². The van der Waals surface area contributed by atoms with E-state index in [1.807, 2.05) is 0 Å². The highest BCUT2D eigenvalue weighted by atomic mass is 16.5. The maximum Gasteiger partial charge on any atom is 0.327 e. The zero-order valence-electron chi connectivity index (χ0n) is 12.3. The van der Waals surface area contributed by atoms with Crippen LogP contribution in [0.5, 0.6) is 0 Å². The fraction of sp³-hybridized carbons (Fsp3) is 0.600. The number of carboxylic acid groups (broad SMARTS) is 1. The molecular formula is C15H26O4. The summed E-state index contributed by atoms with van der Waals surface area (Å²) in [6, 6.07) is 0. The molecule has 0 heterocycles. The summed E-state index contributed by atoms with van der Waals surface area (Å²) in [5.74, 6) is -0.0207. The molecule has 1 N–H and O–H groups in total. The van der Waals surface area contributed by atoms with Crippen molar-refractivity contribution in [1.29, 1.82) is 0 Å². The molecule has 0 spiro atoms. The Bertz CT molecular complexity index is 295. The fourth-order valence-electron chi connectivity index (χ4n) is 1.51. The first-order chi connectivity index (χ1) is 8.87. The molecule has 1 atom stereocenters. The number of carbonyl (C=O) groups is 2. The van der Waals surface area contributed by atoms with Crippen LogP contribution in [0.15, 0.2) is 25.0 Å². The van der Waals surface area contributed by atoms with Gasteiger partial charge in [-0.25, -0.2) is 4.79 Å². The van der Waals surface area contributed by atoms with E-state index >= 15 is 0 Å². The quantitative estimate of drug-likeness (QED) is 0.412. The smallest absolute Gasteiger partial charge is 0.327 e. The van der Waals surface area contributed by atoms with Crippen molar-refractivity contribution in [3.05, 3.63) is 25.0 Å². The molecule has 4 nitrogen and oxygen atoms in total. The molecule has 0 fully saturated rings. The van der Waals surface area contributed by atoms with Crippen molar-refractivity contribution < 1.29 is 19.4 Å². The molecule has 0 saturated heterocycles. The van der Waals surface area contributed by atoms with Gasteiger partial charge in [-0.2, -0.15) is 0 Å². The van der Waals surface area contributed by atoms with Gasteiger partial charge in [0.15, 0.2) is 0 Å². The van der Waals surface area contributed by atoms with Crippen molar-refractivity contribution in [3.63, 3.8) is 0 Å². The van der Waals surface area contributed by atoms with Gasteiger partial charge in [-0.15, -0.1) is 0 Å². The summed E-state index contributed by atoms with van der Waals surface area (Å²) in [4.78, 5) is 19.9. The number of rotatable bonds is 8. The molecule has 110 valence electrons. The molecule has 0 aromatic carbocycles. The molecule has 0 radical (unpaired) electrons. The second kappa shape index (κ2) is 12.9. The lowest BCUT2D eigenvalue weighted by Gasteiger charge is -2.15. The highest BCUT2D eigenvalue weighted by Gasteiger charge is 2.09. The minimum absolute atomic E-state index is 0.264. The predicted octanol–water partition coefficient (Wildman–Crippen LogP) is 3.93. The third-order valence-electron chi connectivity index (χ3n) is 2.52. The van der Waals surface area contributed by atoms with Crippen LogP contribution in [0.4, 0.5) is 0 Å². The lowest BCUT2D eigenvalue weighted by Crippen LogP contribution is -2.05. The Labute approximate surface area is 116 Å². The minimum Gasteiger partial charge on any atom is -0.478 e. The second-order valence-corrected chi connectivity index (χ2v) is 4.30. The first kappa shape index (κ1) is 19.8. The zero-order chi connectivity index (χ0) is 15.3. The molecule has 0 rings (SSSR count). The third-order valence-corrected chi connectivity index (χ3v) is 2.52. The molecule has 0 aromatic heterocycles. The van der Waals surface area contributed by atoms with Gasteiger partial charge in [-0.05, 0) is 5.92 Å². The van der Waals surface area contributed by atoms with Gasteiger partial charge in [0.2, 0.25) is 0 Å². The summed E-state index contributed by atoms with van der Waals surface area (Å²) < 4.78 is 4.93. The first-order valence-electron chi connectivity index (χ1n) is 6.58. The Hall–Kier alpha value is -1.58. The molecular weight excluding hydrogens is 244 g/mol. The van der Waals surface area contributed by atoms with Gasteiger partial charge < -0.3 is 9.84 Å². The van der Waals surface area contributed by atoms with E-state index in [9.17, 15) is 9.59 Å². The van der Waals surface area contributed by atoms with E-state index in [2.05, 4.69) is 27.0 Å². The summed E-state index contributed by atoms with van der Waals surface area (Å²) in [6.45, 7) is 12.5. The normalized spacial score (nSPS) is 10.7. The number of hydrogen-bond acceptors (Lipinski definition) is 3. The van der Waals surface area contributed by atoms with Crippen LogP contribution in [-0.4, -0.2) is 17.0 Å². The molecule has 0 saturated carbocycles. The average molecular weight is 270 g/mol. The van der Waals surface area contributed by atoms with E-state index in [1.165, 1.54) is 26.2 Å². The van der Waals surface area contributed by atoms with Crippen LogP contribution in [-0.2, 0) is 14.3 Å². The molecule has 0 amide bonds. The van der Waals surface area contributed by atoms with Gasteiger partial charge in [-0.1, -0.05) is 52.7 Å². The first-order valence-corrected chi connectivity index (χ1v) is 6.58. The van der Waals surface area contributed by atoms with Gasteiger partial charge in [0.05, 0.1) is 0 Å². The Morgan fingerprint density at radius 2 is 1.89 bits per heavy atom. The topological polar surface area (TPSA) is 63.6 Å². The SMILES string of the molecule is C=C(CC(CC)CCCC)OC(C)=O.C=CC(=O)O. The molecule has 0 aromatic rings. The van der Waals surface area contributed by atoms with Crippen LogP contribution in [0.3, 0.4) is 0 Å². The molecule has 19 heavy (non-hydrogen) atoms. The zero-order valence-corrected chi connectivity index (χ0v) is 12.3. The standard InChI is InChI=1S/C12H22O2.C3H4O2/c1-5-7-8-12(6-2)9-10(3)14-11(4)13;1-2-3(4)5/h12H,3,5-9H2,1-2,4H3;2H,1H2,(H,4,5). The largest absolute Gasteiger partial charge is 0.478 e. The molecule has 4 heteroatoms. The number of esters is 1. The maximum absolute atomic E-state index is 10.7. The van der Waals surface area contributed by atoms with Crippen molar-refractivity contribution in [2.24, 2.45) is 5.92 Å². The second-order valence-electron chi connectivity index (χ2n) is 4.30. The number of unbranched alkanes of at least 4 members (excludes halogenated alkanes) is 1. The van der Waals surface area contributed by atoms with Gasteiger partial charge in [0, 0.05) is 19.4 Å². The molecule has 0 bridgehead atoms. The number of carboxylic acids is 1. The van der Waals surface area contributed by atoms with Crippen LogP contribution in [0.2, 0.25) is 0 Å². The third kappa shape index (κ3) is 16.4. The van der Waals surface area contributed by atoms with Crippen molar-refractivity contribution in [1.82, 2.24) is 0 Å². The van der Waals surface area contributed by atoms with Crippen LogP contribution in [0.25, 0.3) is 0 Å². The summed E-state index contributed by atoms with van der Waals surface area (Å²) in [7, 11) is 0. The Morgan fingerprint density at radius 3 is 2.21 bits per heavy atom. The van der Waals surface area contributed by atoms with Crippen LogP contribution in [0.1, 0.15) is 52.9 Å². The van der Waals surface area contributed by atoms with E-state index < -0.39 is 5.97 Å². The highest BCUT2D eigenvalue weighted by Crippen LogP contribution is 2.20. The molecule has 0 aliphatic rings. The lowest BCUT2D eigenvalue weighted by atomic mass is 9.95. The van der Waals surface area contributed by atoms with Crippen molar-refractivity contribution in [2.75, 3.05) is 0 Å². The summed E-state index contributed by atoms with van der Waals surface area (Å²) in [6.07, 6.45) is 6.44. The maximum atomic E-state index is 10.7. The lowest BCUT2D eigenvalue weighted by molar-refractivity contribution is -0.137. The highest BCUT2D eigenvalue weighted by molar-refractivity contribution is 5.78. The van der Waals surface area contributed by atoms with Crippen LogP contribution >= 0.6 is 0 Å². The summed E-state index contributed by atoms with van der Waals surface area (Å²) in [5, 5.41) is 7.60. The number of aliphatic carboxylic acids is 1. The van der Waals surface area contributed by atoms with Gasteiger partial charge in [0.25, 0.3) is 0 Å². The monoisotopic (exact) mass is 270 g/mol. The Morgan fingerprint density at radius 1 is 1.37 bits per heavy atom. The van der Waals surface area contributed by atoms with Gasteiger partial charge in [0.1, 0.15) is 5.76 Å². The van der Waals surface area contributed by atoms with Gasteiger partial charge in [-0.3, -0.25) is 4.79 Å². The Kier molecular flexibility index (Phi) is 13.4. The molecule has 1 unspecified atom stereocenters. The summed E-state index contributed by atoms with van der Waals surface area (Å²) in [5.41, 5.74) is 0. The van der Waals surface area contributed by atoms with Crippen molar-refractivity contribution in [2.45, 2.75) is 52.9 Å². The van der Waals surface area contributed by atoms with E-state index in [0.29, 0.717) is 11.7 Å². The molecule has 0 aliphatic heterocycles. The number of hydrogen-bond donors (Lipinski definition) is 1. The van der Waals surface area contributed by atoms with Crippen LogP contribution in [0, 0.1) is 5.92 Å². The number of carbonyl (C=O) groups excluding carboxylic acids is 1. The average Bonchev–Trinajstić information content (AvgIpc) is 2.34. The van der Waals surface area contributed by atoms with Gasteiger partial charge >= 0.3 is 11.9 Å². The van der Waals surface area contributed by atoms with Crippen molar-refractivity contribution >= 4 is 11.9 Å². The predicted molar refractivity (Wildman–Crippen MR) is 76.7 cm³/mol. The van der Waals surface area contributed by atoms with E-state index in [4.69, 9.17) is 9.84 Å². The Balaban J connectivity index is 0. The van der Waals surface area contributed by atoms with Crippen molar-refractivity contribution in [3.8, 4) is 0 Å². The van der Waals surface area contributed by atoms with E-state index in [1.54, 1.807) is 0 Å². The van der Waals surface area contributed by atoms with E-state index in [-0.39, 0.29) is 5.97 Å². The number of allylic oxidation sites excluding steroid dienone is 1. The van der Waals surface area contributed by atoms with Crippen LogP contribution < -0.4 is 0 Å². The summed E-state index contributed by atoms with van der Waals surface area (Å²) >= 11 is 0. The number of ether oxygens (including phenoxy) is 1.